The van der Waals surface area contributed by atoms with Gasteiger partial charge in [-0.3, -0.25) is 4.79 Å². The Morgan fingerprint density at radius 3 is 3.00 bits per heavy atom. The van der Waals surface area contributed by atoms with Gasteiger partial charge in [0.15, 0.2) is 0 Å². The van der Waals surface area contributed by atoms with E-state index in [-0.39, 0.29) is 0 Å². The van der Waals surface area contributed by atoms with Crippen LogP contribution in [0.3, 0.4) is 0 Å². The molecular weight excluding hydrogens is 142 g/mol. The number of aryl methyl sites for hydroxylation is 1. The minimum absolute atomic E-state index is 0.539. The minimum Gasteiger partial charge on any atom is -0.345 e. The summed E-state index contributed by atoms with van der Waals surface area (Å²) in [5, 5.41) is 0. The van der Waals surface area contributed by atoms with Crippen molar-refractivity contribution in [1.82, 2.24) is 14.9 Å². The topological polar surface area (TPSA) is 49.0 Å². The van der Waals surface area contributed by atoms with E-state index in [0.29, 0.717) is 6.54 Å². The summed E-state index contributed by atoms with van der Waals surface area (Å²) in [6.07, 6.45) is 2.52. The van der Waals surface area contributed by atoms with Crippen molar-refractivity contribution in [3.05, 3.63) is 17.7 Å². The molecule has 0 unspecified atom stereocenters. The predicted molar refractivity (Wildman–Crippen MR) is 40.9 cm³/mol. The number of nitrogens with zero attached hydrogens (tertiary/aromatic N) is 2. The molecule has 60 valence electrons. The van der Waals surface area contributed by atoms with Crippen LogP contribution in [0.1, 0.15) is 11.5 Å². The molecule has 1 N–H and O–H groups in total. The number of carbonyl (C=O) groups is 1. The molecule has 11 heavy (non-hydrogen) atoms. The fourth-order valence-electron chi connectivity index (χ4n) is 0.821. The standard InChI is InChI=1S/C7H11N3O/c1-6-3-8-7(9-6)4-10(2)5-11/h3,5H,4H2,1-2H3,(H,8,9). The molecule has 0 bridgehead atoms. The highest BCUT2D eigenvalue weighted by atomic mass is 16.1. The lowest BCUT2D eigenvalue weighted by Gasteiger charge is -2.06. The molecule has 0 fully saturated rings. The lowest BCUT2D eigenvalue weighted by molar-refractivity contribution is -0.117. The highest BCUT2D eigenvalue weighted by Crippen LogP contribution is 1.96. The molecule has 0 aliphatic rings. The van der Waals surface area contributed by atoms with E-state index >= 15 is 0 Å². The van der Waals surface area contributed by atoms with Crippen LogP contribution in [0.5, 0.6) is 0 Å². The lowest BCUT2D eigenvalue weighted by atomic mass is 10.5. The summed E-state index contributed by atoms with van der Waals surface area (Å²) >= 11 is 0. The zero-order chi connectivity index (χ0) is 8.27. The van der Waals surface area contributed by atoms with Crippen molar-refractivity contribution < 1.29 is 4.79 Å². The summed E-state index contributed by atoms with van der Waals surface area (Å²) in [6, 6.07) is 0. The quantitative estimate of drug-likeness (QED) is 0.635. The molecule has 4 nitrogen and oxygen atoms in total. The Bertz CT molecular complexity index is 244. The van der Waals surface area contributed by atoms with E-state index in [4.69, 9.17) is 0 Å². The number of imidazole rings is 1. The van der Waals surface area contributed by atoms with E-state index in [2.05, 4.69) is 9.97 Å². The predicted octanol–water partition coefficient (Wildman–Crippen LogP) is 0.306. The summed E-state index contributed by atoms with van der Waals surface area (Å²) in [6.45, 7) is 2.47. The molecule has 0 aliphatic heterocycles. The van der Waals surface area contributed by atoms with Crippen molar-refractivity contribution in [2.45, 2.75) is 13.5 Å². The van der Waals surface area contributed by atoms with E-state index in [9.17, 15) is 4.79 Å². The zero-order valence-electron chi connectivity index (χ0n) is 6.66. The first-order valence-electron chi connectivity index (χ1n) is 3.38. The van der Waals surface area contributed by atoms with Crippen molar-refractivity contribution in [2.24, 2.45) is 0 Å². The monoisotopic (exact) mass is 153 g/mol. The Morgan fingerprint density at radius 1 is 1.82 bits per heavy atom. The van der Waals surface area contributed by atoms with Gasteiger partial charge in [-0.2, -0.15) is 0 Å². The normalized spacial score (nSPS) is 9.64. The first-order chi connectivity index (χ1) is 5.22. The van der Waals surface area contributed by atoms with Gasteiger partial charge < -0.3 is 9.88 Å². The molecular formula is C7H11N3O. The van der Waals surface area contributed by atoms with Gasteiger partial charge in [0, 0.05) is 18.9 Å². The molecule has 0 saturated carbocycles. The highest BCUT2D eigenvalue weighted by Gasteiger charge is 1.99. The molecule has 1 amide bonds. The highest BCUT2D eigenvalue weighted by molar-refractivity contribution is 5.46. The molecule has 0 atom stereocenters. The number of rotatable bonds is 3. The second kappa shape index (κ2) is 3.18. The largest absolute Gasteiger partial charge is 0.345 e. The molecule has 1 heterocycles. The average Bonchev–Trinajstić information content (AvgIpc) is 2.35. The van der Waals surface area contributed by atoms with Crippen LogP contribution in [0.25, 0.3) is 0 Å². The molecule has 0 saturated heterocycles. The molecule has 0 aliphatic carbocycles. The first-order valence-corrected chi connectivity index (χ1v) is 3.38. The van der Waals surface area contributed by atoms with Crippen LogP contribution in [0.15, 0.2) is 6.20 Å². The van der Waals surface area contributed by atoms with Crippen molar-refractivity contribution >= 4 is 6.41 Å². The third kappa shape index (κ3) is 2.07. The number of nitrogens with one attached hydrogen (secondary N) is 1. The van der Waals surface area contributed by atoms with Gasteiger partial charge in [-0.15, -0.1) is 0 Å². The Hall–Kier alpha value is -1.32. The number of hydrogen-bond acceptors (Lipinski definition) is 2. The van der Waals surface area contributed by atoms with Crippen LogP contribution in [0.4, 0.5) is 0 Å². The van der Waals surface area contributed by atoms with E-state index in [0.717, 1.165) is 17.9 Å². The Kier molecular flexibility index (Phi) is 2.25. The zero-order valence-corrected chi connectivity index (χ0v) is 6.66. The van der Waals surface area contributed by atoms with Gasteiger partial charge in [-0.25, -0.2) is 4.98 Å². The van der Waals surface area contributed by atoms with E-state index in [1.54, 1.807) is 13.2 Å². The second-order valence-electron chi connectivity index (χ2n) is 2.53. The number of hydrogen-bond donors (Lipinski definition) is 1. The molecule has 4 heteroatoms. The van der Waals surface area contributed by atoms with Crippen LogP contribution < -0.4 is 0 Å². The van der Waals surface area contributed by atoms with Gasteiger partial charge in [0.05, 0.1) is 6.54 Å². The average molecular weight is 153 g/mol. The van der Waals surface area contributed by atoms with Crippen molar-refractivity contribution in [2.75, 3.05) is 7.05 Å². The van der Waals surface area contributed by atoms with Gasteiger partial charge in [0.2, 0.25) is 6.41 Å². The smallest absolute Gasteiger partial charge is 0.209 e. The van der Waals surface area contributed by atoms with Gasteiger partial charge in [0.25, 0.3) is 0 Å². The number of carbonyl (C=O) groups excluding carboxylic acids is 1. The molecule has 1 aromatic rings. The third-order valence-corrected chi connectivity index (χ3v) is 1.33. The third-order valence-electron chi connectivity index (χ3n) is 1.33. The van der Waals surface area contributed by atoms with Crippen LogP contribution in [0, 0.1) is 6.92 Å². The number of H-pyrrole nitrogens is 1. The summed E-state index contributed by atoms with van der Waals surface area (Å²) in [7, 11) is 1.71. The molecule has 1 rings (SSSR count). The summed E-state index contributed by atoms with van der Waals surface area (Å²) in [5.41, 5.74) is 1.01. The molecule has 0 aromatic carbocycles. The van der Waals surface area contributed by atoms with Crippen molar-refractivity contribution in [1.29, 1.82) is 0 Å². The maximum Gasteiger partial charge on any atom is 0.209 e. The minimum atomic E-state index is 0.539. The van der Waals surface area contributed by atoms with Crippen LogP contribution in [-0.2, 0) is 11.3 Å². The van der Waals surface area contributed by atoms with Crippen LogP contribution in [0.2, 0.25) is 0 Å². The second-order valence-corrected chi connectivity index (χ2v) is 2.53. The Morgan fingerprint density at radius 2 is 2.55 bits per heavy atom. The number of aromatic nitrogens is 2. The molecule has 0 spiro atoms. The summed E-state index contributed by atoms with van der Waals surface area (Å²) in [4.78, 5) is 18.8. The molecule has 0 radical (unpaired) electrons. The van der Waals surface area contributed by atoms with E-state index in [1.807, 2.05) is 6.92 Å². The Balaban J connectivity index is 2.57. The summed E-state index contributed by atoms with van der Waals surface area (Å²) in [5.74, 6) is 0.817. The van der Waals surface area contributed by atoms with E-state index < -0.39 is 0 Å². The van der Waals surface area contributed by atoms with Crippen LogP contribution >= 0.6 is 0 Å². The fraction of sp³-hybridized carbons (Fsp3) is 0.429. The summed E-state index contributed by atoms with van der Waals surface area (Å²) < 4.78 is 0. The number of aromatic amines is 1. The Labute approximate surface area is 65.2 Å². The van der Waals surface area contributed by atoms with Gasteiger partial charge in [-0.05, 0) is 6.92 Å². The maximum atomic E-state index is 10.2. The van der Waals surface area contributed by atoms with E-state index in [1.165, 1.54) is 4.90 Å². The van der Waals surface area contributed by atoms with Crippen molar-refractivity contribution in [3.63, 3.8) is 0 Å². The first kappa shape index (κ1) is 7.78. The lowest BCUT2D eigenvalue weighted by Crippen LogP contribution is -2.15. The van der Waals surface area contributed by atoms with Crippen molar-refractivity contribution in [3.8, 4) is 0 Å². The van der Waals surface area contributed by atoms with Crippen LogP contribution in [-0.4, -0.2) is 28.3 Å². The SMILES string of the molecule is Cc1cnc(CN(C)C=O)[nH]1. The molecule has 1 aromatic heterocycles. The maximum absolute atomic E-state index is 10.2. The fourth-order valence-corrected chi connectivity index (χ4v) is 0.821. The number of amides is 1. The van der Waals surface area contributed by atoms with Gasteiger partial charge in [-0.1, -0.05) is 0 Å². The van der Waals surface area contributed by atoms with Gasteiger partial charge >= 0.3 is 0 Å². The van der Waals surface area contributed by atoms with Gasteiger partial charge in [0.1, 0.15) is 5.82 Å².